The maximum absolute atomic E-state index is 13.3. The standard InChI is InChI=1S/C20H20N4O3/c1-10-6-11(2)17-13(7-10)14(8-12(3)22-17)20(26)24-5-4-16-15(9-24)18(19(21)25)23-27-16/h6-8H,4-5,9H2,1-3H3,(H2,21,25). The zero-order chi connectivity index (χ0) is 19.3. The Bertz CT molecular complexity index is 1100. The number of amides is 2. The fourth-order valence-corrected chi connectivity index (χ4v) is 3.73. The number of fused-ring (bicyclic) bond motifs is 2. The molecule has 1 aliphatic heterocycles. The fourth-order valence-electron chi connectivity index (χ4n) is 3.73. The molecule has 1 aromatic carbocycles. The van der Waals surface area contributed by atoms with E-state index in [0.717, 1.165) is 27.7 Å². The molecule has 1 aliphatic rings. The minimum absolute atomic E-state index is 0.0993. The summed E-state index contributed by atoms with van der Waals surface area (Å²) in [7, 11) is 0. The SMILES string of the molecule is Cc1cc(C)c2nc(C)cc(C(=O)N3CCc4onc(C(N)=O)c4C3)c2c1. The molecule has 7 heteroatoms. The van der Waals surface area contributed by atoms with E-state index in [9.17, 15) is 9.59 Å². The van der Waals surface area contributed by atoms with Crippen LogP contribution in [-0.2, 0) is 13.0 Å². The van der Waals surface area contributed by atoms with Crippen molar-refractivity contribution in [3.05, 3.63) is 57.6 Å². The van der Waals surface area contributed by atoms with Crippen LogP contribution in [0.3, 0.4) is 0 Å². The second-order valence-corrected chi connectivity index (χ2v) is 7.06. The Morgan fingerprint density at radius 3 is 2.70 bits per heavy atom. The van der Waals surface area contributed by atoms with Gasteiger partial charge in [-0.1, -0.05) is 16.8 Å². The molecule has 0 saturated carbocycles. The second kappa shape index (κ2) is 6.19. The van der Waals surface area contributed by atoms with Gasteiger partial charge in [0.05, 0.1) is 17.6 Å². The van der Waals surface area contributed by atoms with Crippen LogP contribution in [0.25, 0.3) is 10.9 Å². The van der Waals surface area contributed by atoms with Gasteiger partial charge in [-0.25, -0.2) is 0 Å². The molecule has 0 bridgehead atoms. The Balaban J connectivity index is 1.78. The quantitative estimate of drug-likeness (QED) is 0.752. The number of carbonyl (C=O) groups is 2. The summed E-state index contributed by atoms with van der Waals surface area (Å²) >= 11 is 0. The average Bonchev–Trinajstić information content (AvgIpc) is 3.04. The molecule has 3 heterocycles. The Labute approximate surface area is 156 Å². The van der Waals surface area contributed by atoms with Gasteiger partial charge >= 0.3 is 0 Å². The number of nitrogens with two attached hydrogens (primary N) is 1. The van der Waals surface area contributed by atoms with Gasteiger partial charge in [0.15, 0.2) is 5.69 Å². The molecular formula is C20H20N4O3. The predicted molar refractivity (Wildman–Crippen MR) is 99.4 cm³/mol. The minimum Gasteiger partial charge on any atom is -0.364 e. The lowest BCUT2D eigenvalue weighted by atomic mass is 9.99. The van der Waals surface area contributed by atoms with E-state index < -0.39 is 5.91 Å². The first-order chi connectivity index (χ1) is 12.8. The van der Waals surface area contributed by atoms with Gasteiger partial charge in [0, 0.05) is 29.6 Å². The van der Waals surface area contributed by atoms with Crippen LogP contribution in [0.4, 0.5) is 0 Å². The number of primary amides is 1. The molecule has 0 radical (unpaired) electrons. The number of rotatable bonds is 2. The molecule has 0 unspecified atom stereocenters. The van der Waals surface area contributed by atoms with Crippen molar-refractivity contribution in [3.8, 4) is 0 Å². The zero-order valence-corrected chi connectivity index (χ0v) is 15.5. The molecule has 4 rings (SSSR count). The normalized spacial score (nSPS) is 13.7. The minimum atomic E-state index is -0.647. The Kier molecular flexibility index (Phi) is 3.95. The van der Waals surface area contributed by atoms with Crippen LogP contribution >= 0.6 is 0 Å². The zero-order valence-electron chi connectivity index (χ0n) is 15.5. The van der Waals surface area contributed by atoms with Gasteiger partial charge < -0.3 is 15.2 Å². The van der Waals surface area contributed by atoms with Gasteiger partial charge in [-0.15, -0.1) is 0 Å². The van der Waals surface area contributed by atoms with E-state index in [0.29, 0.717) is 29.9 Å². The van der Waals surface area contributed by atoms with E-state index in [1.54, 1.807) is 4.90 Å². The summed E-state index contributed by atoms with van der Waals surface area (Å²) in [4.78, 5) is 31.2. The van der Waals surface area contributed by atoms with Gasteiger partial charge in [0.2, 0.25) is 0 Å². The van der Waals surface area contributed by atoms with Crippen molar-refractivity contribution in [2.45, 2.75) is 33.7 Å². The number of pyridine rings is 1. The smallest absolute Gasteiger partial charge is 0.271 e. The summed E-state index contributed by atoms with van der Waals surface area (Å²) in [6.45, 7) is 6.63. The number of aromatic nitrogens is 2. The summed E-state index contributed by atoms with van der Waals surface area (Å²) in [5.41, 5.74) is 10.4. The summed E-state index contributed by atoms with van der Waals surface area (Å²) in [6.07, 6.45) is 0.501. The average molecular weight is 364 g/mol. The first kappa shape index (κ1) is 17.2. The first-order valence-corrected chi connectivity index (χ1v) is 8.80. The van der Waals surface area contributed by atoms with Crippen molar-refractivity contribution < 1.29 is 14.1 Å². The lowest BCUT2D eigenvalue weighted by molar-refractivity contribution is 0.0729. The number of aryl methyl sites for hydroxylation is 3. The van der Waals surface area contributed by atoms with Crippen molar-refractivity contribution in [2.24, 2.45) is 5.73 Å². The summed E-state index contributed by atoms with van der Waals surface area (Å²) in [6, 6.07) is 5.87. The van der Waals surface area contributed by atoms with E-state index in [1.165, 1.54) is 0 Å². The van der Waals surface area contributed by atoms with E-state index >= 15 is 0 Å². The number of benzene rings is 1. The number of carbonyl (C=O) groups excluding carboxylic acids is 2. The molecule has 0 aliphatic carbocycles. The molecule has 0 atom stereocenters. The molecule has 0 spiro atoms. The van der Waals surface area contributed by atoms with Gasteiger partial charge in [0.25, 0.3) is 11.8 Å². The highest BCUT2D eigenvalue weighted by Crippen LogP contribution is 2.28. The van der Waals surface area contributed by atoms with Crippen LogP contribution in [0.2, 0.25) is 0 Å². The Morgan fingerprint density at radius 2 is 1.96 bits per heavy atom. The van der Waals surface area contributed by atoms with Crippen LogP contribution in [0, 0.1) is 20.8 Å². The molecule has 3 aromatic rings. The van der Waals surface area contributed by atoms with Crippen LogP contribution < -0.4 is 5.73 Å². The van der Waals surface area contributed by atoms with Gasteiger partial charge in [0.1, 0.15) is 5.76 Å². The second-order valence-electron chi connectivity index (χ2n) is 7.06. The van der Waals surface area contributed by atoms with Gasteiger partial charge in [-0.05, 0) is 38.5 Å². The number of hydrogen-bond acceptors (Lipinski definition) is 5. The monoisotopic (exact) mass is 364 g/mol. The molecule has 0 saturated heterocycles. The van der Waals surface area contributed by atoms with Crippen molar-refractivity contribution >= 4 is 22.7 Å². The van der Waals surface area contributed by atoms with Crippen LogP contribution in [0.15, 0.2) is 22.7 Å². The van der Waals surface area contributed by atoms with Crippen LogP contribution in [0.1, 0.15) is 49.0 Å². The van der Waals surface area contributed by atoms with Gasteiger partial charge in [-0.2, -0.15) is 0 Å². The topological polar surface area (TPSA) is 102 Å². The highest BCUT2D eigenvalue weighted by molar-refractivity contribution is 6.07. The van der Waals surface area contributed by atoms with Gasteiger partial charge in [-0.3, -0.25) is 14.6 Å². The number of hydrogen-bond donors (Lipinski definition) is 1. The van der Waals surface area contributed by atoms with E-state index in [4.69, 9.17) is 10.3 Å². The van der Waals surface area contributed by atoms with Crippen molar-refractivity contribution in [2.75, 3.05) is 6.54 Å². The summed E-state index contributed by atoms with van der Waals surface area (Å²) < 4.78 is 5.20. The highest BCUT2D eigenvalue weighted by atomic mass is 16.5. The number of nitrogens with zero attached hydrogens (tertiary/aromatic N) is 3. The predicted octanol–water partition coefficient (Wildman–Crippen LogP) is 2.45. The Hall–Kier alpha value is -3.22. The molecule has 2 aromatic heterocycles. The van der Waals surface area contributed by atoms with Crippen molar-refractivity contribution in [1.29, 1.82) is 0 Å². The fraction of sp³-hybridized carbons (Fsp3) is 0.300. The summed E-state index contributed by atoms with van der Waals surface area (Å²) in [5.74, 6) is -0.126. The third kappa shape index (κ3) is 2.85. The molecule has 2 N–H and O–H groups in total. The summed E-state index contributed by atoms with van der Waals surface area (Å²) in [5, 5.41) is 4.60. The van der Waals surface area contributed by atoms with Crippen molar-refractivity contribution in [1.82, 2.24) is 15.0 Å². The largest absolute Gasteiger partial charge is 0.364 e. The van der Waals surface area contributed by atoms with Crippen molar-refractivity contribution in [3.63, 3.8) is 0 Å². The molecule has 2 amide bonds. The Morgan fingerprint density at radius 1 is 1.19 bits per heavy atom. The van der Waals surface area contributed by atoms with E-state index in [1.807, 2.05) is 32.9 Å². The van der Waals surface area contributed by atoms with Crippen LogP contribution in [0.5, 0.6) is 0 Å². The molecular weight excluding hydrogens is 344 g/mol. The molecule has 0 fully saturated rings. The highest BCUT2D eigenvalue weighted by Gasteiger charge is 2.30. The third-order valence-electron chi connectivity index (χ3n) is 4.95. The lowest BCUT2D eigenvalue weighted by Crippen LogP contribution is -2.36. The molecule has 27 heavy (non-hydrogen) atoms. The molecule has 7 nitrogen and oxygen atoms in total. The first-order valence-electron chi connectivity index (χ1n) is 8.80. The third-order valence-corrected chi connectivity index (χ3v) is 4.95. The molecule has 138 valence electrons. The van der Waals surface area contributed by atoms with E-state index in [2.05, 4.69) is 16.2 Å². The maximum atomic E-state index is 13.3. The lowest BCUT2D eigenvalue weighted by Gasteiger charge is -2.27. The van der Waals surface area contributed by atoms with Crippen LogP contribution in [-0.4, -0.2) is 33.4 Å². The van der Waals surface area contributed by atoms with E-state index in [-0.39, 0.29) is 18.1 Å². The maximum Gasteiger partial charge on any atom is 0.271 e.